The van der Waals surface area contributed by atoms with Crippen LogP contribution in [0, 0.1) is 5.92 Å². The Kier molecular flexibility index (Phi) is 5.98. The first-order valence-electron chi connectivity index (χ1n) is 6.33. The lowest BCUT2D eigenvalue weighted by molar-refractivity contribution is -0.166. The van der Waals surface area contributed by atoms with E-state index in [1.165, 1.54) is 20.8 Å². The Balaban J connectivity index is 5.26. The van der Waals surface area contributed by atoms with Gasteiger partial charge in [0, 0.05) is 2.74 Å². The van der Waals surface area contributed by atoms with E-state index in [0.717, 1.165) is 0 Å². The van der Waals surface area contributed by atoms with Gasteiger partial charge in [-0.2, -0.15) is 0 Å². The lowest BCUT2D eigenvalue weighted by Crippen LogP contribution is -2.30. The molecule has 6 heteroatoms. The van der Waals surface area contributed by atoms with Gasteiger partial charge >= 0.3 is 17.9 Å². The molecule has 0 aromatic rings. The lowest BCUT2D eigenvalue weighted by atomic mass is 10.1. The second kappa shape index (κ2) is 8.55. The Morgan fingerprint density at radius 2 is 1.35 bits per heavy atom. The van der Waals surface area contributed by atoms with Crippen LogP contribution in [-0.2, 0) is 28.6 Å². The molecular formula is C11H18O6. The summed E-state index contributed by atoms with van der Waals surface area (Å²) >= 11 is 0. The number of hydrogen-bond acceptors (Lipinski definition) is 6. The average Bonchev–Trinajstić information content (AvgIpc) is 2.29. The second-order valence-electron chi connectivity index (χ2n) is 2.80. The van der Waals surface area contributed by atoms with Gasteiger partial charge in [0.2, 0.25) is 0 Å². The summed E-state index contributed by atoms with van der Waals surface area (Å²) in [4.78, 5) is 34.8. The average molecular weight is 248 g/mol. The molecule has 0 unspecified atom stereocenters. The van der Waals surface area contributed by atoms with Crippen molar-refractivity contribution in [1.29, 1.82) is 0 Å². The fourth-order valence-corrected chi connectivity index (χ4v) is 0.956. The summed E-state index contributed by atoms with van der Waals surface area (Å²) in [6, 6.07) is 0. The molecule has 98 valence electrons. The molecule has 17 heavy (non-hydrogen) atoms. The molecule has 0 amide bonds. The number of rotatable bonds is 7. The molecule has 0 rings (SSSR count). The van der Waals surface area contributed by atoms with E-state index >= 15 is 0 Å². The van der Waals surface area contributed by atoms with Crippen LogP contribution in [0.4, 0.5) is 0 Å². The van der Waals surface area contributed by atoms with Gasteiger partial charge in [0.05, 0.1) is 26.2 Å². The minimum absolute atomic E-state index is 0.0480. The third-order valence-corrected chi connectivity index (χ3v) is 1.58. The van der Waals surface area contributed by atoms with Gasteiger partial charge in [0.25, 0.3) is 0 Å². The van der Waals surface area contributed by atoms with Crippen molar-refractivity contribution < 1.29 is 31.3 Å². The van der Waals surface area contributed by atoms with Crippen LogP contribution >= 0.6 is 0 Å². The Morgan fingerprint density at radius 3 is 1.71 bits per heavy atom. The summed E-state index contributed by atoms with van der Waals surface area (Å²) in [5.41, 5.74) is 0. The normalized spacial score (nSPS) is 12.5. The first-order valence-corrected chi connectivity index (χ1v) is 5.33. The number of esters is 3. The minimum atomic E-state index is -2.84. The van der Waals surface area contributed by atoms with E-state index in [0.29, 0.717) is 0 Å². The van der Waals surface area contributed by atoms with Crippen molar-refractivity contribution in [2.45, 2.75) is 27.1 Å². The molecular weight excluding hydrogens is 228 g/mol. The third-order valence-electron chi connectivity index (χ3n) is 1.58. The Labute approximate surface area is 103 Å². The second-order valence-corrected chi connectivity index (χ2v) is 2.80. The fourth-order valence-electron chi connectivity index (χ4n) is 0.956. The smallest absolute Gasteiger partial charge is 0.320 e. The Morgan fingerprint density at radius 1 is 0.941 bits per heavy atom. The van der Waals surface area contributed by atoms with Gasteiger partial charge in [-0.05, 0) is 20.8 Å². The number of carbonyl (C=O) groups excluding carboxylic acids is 3. The number of ether oxygens (including phenoxy) is 3. The largest absolute Gasteiger partial charge is 0.466 e. The molecule has 0 aliphatic carbocycles. The van der Waals surface area contributed by atoms with Crippen molar-refractivity contribution >= 4 is 17.9 Å². The molecule has 0 aromatic carbocycles. The van der Waals surface area contributed by atoms with E-state index in [1.54, 1.807) is 0 Å². The van der Waals surface area contributed by atoms with E-state index in [4.69, 9.17) is 2.74 Å². The SMILES string of the molecule is [2H]C([2H])(C(=O)OCC)C(C(=O)OCC)C(=O)OCC. The number of hydrogen-bond donors (Lipinski definition) is 0. The van der Waals surface area contributed by atoms with Crippen molar-refractivity contribution in [2.75, 3.05) is 19.8 Å². The molecule has 0 aliphatic rings. The highest BCUT2D eigenvalue weighted by atomic mass is 16.6. The van der Waals surface area contributed by atoms with E-state index in [-0.39, 0.29) is 19.8 Å². The van der Waals surface area contributed by atoms with Crippen molar-refractivity contribution in [2.24, 2.45) is 5.92 Å². The summed E-state index contributed by atoms with van der Waals surface area (Å²) in [6.45, 7) is 4.32. The van der Waals surface area contributed by atoms with Crippen LogP contribution in [0.25, 0.3) is 0 Å². The fraction of sp³-hybridized carbons (Fsp3) is 0.727. The molecule has 0 saturated carbocycles. The van der Waals surface area contributed by atoms with Gasteiger partial charge in [0.1, 0.15) is 0 Å². The zero-order chi connectivity index (χ0) is 15.1. The Bertz CT molecular complexity index is 324. The zero-order valence-electron chi connectivity index (χ0n) is 12.1. The van der Waals surface area contributed by atoms with E-state index in [2.05, 4.69) is 14.2 Å². The molecule has 0 saturated heterocycles. The van der Waals surface area contributed by atoms with Crippen LogP contribution in [0.2, 0.25) is 0 Å². The lowest BCUT2D eigenvalue weighted by Gasteiger charge is -2.13. The molecule has 0 N–H and O–H groups in total. The van der Waals surface area contributed by atoms with Crippen LogP contribution < -0.4 is 0 Å². The van der Waals surface area contributed by atoms with Crippen LogP contribution in [0.3, 0.4) is 0 Å². The van der Waals surface area contributed by atoms with Crippen molar-refractivity contribution in [3.63, 3.8) is 0 Å². The van der Waals surface area contributed by atoms with Crippen molar-refractivity contribution in [3.05, 3.63) is 0 Å². The maximum absolute atomic E-state index is 11.6. The van der Waals surface area contributed by atoms with E-state index in [1.807, 2.05) is 0 Å². The summed E-state index contributed by atoms with van der Waals surface area (Å²) < 4.78 is 28.9. The molecule has 0 heterocycles. The highest BCUT2D eigenvalue weighted by Crippen LogP contribution is 2.10. The van der Waals surface area contributed by atoms with E-state index < -0.39 is 30.2 Å². The summed E-state index contributed by atoms with van der Waals surface area (Å²) in [5.74, 6) is -5.61. The molecule has 0 radical (unpaired) electrons. The van der Waals surface area contributed by atoms with Crippen molar-refractivity contribution in [1.82, 2.24) is 0 Å². The van der Waals surface area contributed by atoms with Crippen LogP contribution in [0.15, 0.2) is 0 Å². The molecule has 0 aliphatic heterocycles. The molecule has 0 atom stereocenters. The minimum Gasteiger partial charge on any atom is -0.466 e. The maximum Gasteiger partial charge on any atom is 0.320 e. The molecule has 0 fully saturated rings. The first kappa shape index (κ1) is 11.9. The van der Waals surface area contributed by atoms with Gasteiger partial charge < -0.3 is 14.2 Å². The van der Waals surface area contributed by atoms with Gasteiger partial charge in [0.15, 0.2) is 5.92 Å². The van der Waals surface area contributed by atoms with Crippen LogP contribution in [0.5, 0.6) is 0 Å². The van der Waals surface area contributed by atoms with Crippen molar-refractivity contribution in [3.8, 4) is 0 Å². The standard InChI is InChI=1S/C11H18O6/c1-4-15-9(12)7-8(10(13)16-5-2)11(14)17-6-3/h8H,4-7H2,1-3H3/i7D2. The zero-order valence-corrected chi connectivity index (χ0v) is 10.1. The Hall–Kier alpha value is -1.59. The summed E-state index contributed by atoms with van der Waals surface area (Å²) in [5, 5.41) is 0. The van der Waals surface area contributed by atoms with Gasteiger partial charge in [-0.15, -0.1) is 0 Å². The first-order chi connectivity index (χ1) is 8.82. The van der Waals surface area contributed by atoms with Gasteiger partial charge in [-0.1, -0.05) is 0 Å². The molecule has 0 spiro atoms. The molecule has 6 nitrogen and oxygen atoms in total. The monoisotopic (exact) mass is 248 g/mol. The topological polar surface area (TPSA) is 78.9 Å². The summed E-state index contributed by atoms with van der Waals surface area (Å²) in [6.07, 6.45) is -2.84. The predicted octanol–water partition coefficient (Wildman–Crippen LogP) is 0.682. The maximum atomic E-state index is 11.6. The predicted molar refractivity (Wildman–Crippen MR) is 58.0 cm³/mol. The highest BCUT2D eigenvalue weighted by molar-refractivity contribution is 5.98. The molecule has 0 aromatic heterocycles. The molecule has 0 bridgehead atoms. The third kappa shape index (κ3) is 5.89. The summed E-state index contributed by atoms with van der Waals surface area (Å²) in [7, 11) is 0. The highest BCUT2D eigenvalue weighted by Gasteiger charge is 2.32. The van der Waals surface area contributed by atoms with Gasteiger partial charge in [-0.25, -0.2) is 0 Å². The van der Waals surface area contributed by atoms with Crippen LogP contribution in [0.1, 0.15) is 29.9 Å². The number of carbonyl (C=O) groups is 3. The van der Waals surface area contributed by atoms with E-state index in [9.17, 15) is 14.4 Å². The van der Waals surface area contributed by atoms with Gasteiger partial charge in [-0.3, -0.25) is 14.4 Å². The van der Waals surface area contributed by atoms with Crippen LogP contribution in [-0.4, -0.2) is 37.7 Å². The quantitative estimate of drug-likeness (QED) is 0.374.